The quantitative estimate of drug-likeness (QED) is 0.913. The van der Waals surface area contributed by atoms with Gasteiger partial charge in [0.1, 0.15) is 5.01 Å². The van der Waals surface area contributed by atoms with Crippen LogP contribution in [0.25, 0.3) is 11.3 Å². The molecule has 0 radical (unpaired) electrons. The molecule has 3 rings (SSSR count). The first-order chi connectivity index (χ1) is 10.2. The highest BCUT2D eigenvalue weighted by atomic mass is 32.1. The molecule has 0 bridgehead atoms. The van der Waals surface area contributed by atoms with Gasteiger partial charge in [0.05, 0.1) is 17.8 Å². The minimum atomic E-state index is -0.0534. The molecule has 2 aromatic rings. The molecule has 0 saturated carbocycles. The van der Waals surface area contributed by atoms with Crippen LogP contribution < -0.4 is 10.6 Å². The Labute approximate surface area is 128 Å². The van der Waals surface area contributed by atoms with Crippen molar-refractivity contribution < 1.29 is 4.79 Å². The van der Waals surface area contributed by atoms with E-state index < -0.39 is 0 Å². The van der Waals surface area contributed by atoms with Crippen molar-refractivity contribution in [2.24, 2.45) is 0 Å². The summed E-state index contributed by atoms with van der Waals surface area (Å²) in [5, 5.41) is 9.25. The number of hydrogen-bond acceptors (Lipinski definition) is 4. The molecular formula is C16H19N3OS. The van der Waals surface area contributed by atoms with Crippen LogP contribution in [0.3, 0.4) is 0 Å². The van der Waals surface area contributed by atoms with Crippen LogP contribution in [0.5, 0.6) is 0 Å². The summed E-state index contributed by atoms with van der Waals surface area (Å²) < 4.78 is 0. The average molecular weight is 301 g/mol. The monoisotopic (exact) mass is 301 g/mol. The van der Waals surface area contributed by atoms with Gasteiger partial charge in [0, 0.05) is 10.9 Å². The van der Waals surface area contributed by atoms with E-state index in [2.05, 4.69) is 15.6 Å². The van der Waals surface area contributed by atoms with Crippen LogP contribution >= 0.6 is 11.3 Å². The zero-order valence-electron chi connectivity index (χ0n) is 12.0. The van der Waals surface area contributed by atoms with E-state index in [1.165, 1.54) is 0 Å². The van der Waals surface area contributed by atoms with Gasteiger partial charge in [-0.1, -0.05) is 30.3 Å². The number of aromatic nitrogens is 1. The zero-order valence-corrected chi connectivity index (χ0v) is 12.8. The van der Waals surface area contributed by atoms with E-state index >= 15 is 0 Å². The van der Waals surface area contributed by atoms with Crippen molar-refractivity contribution in [1.82, 2.24) is 15.6 Å². The minimum absolute atomic E-state index is 0.0407. The number of rotatable bonds is 4. The van der Waals surface area contributed by atoms with Crippen molar-refractivity contribution in [3.63, 3.8) is 0 Å². The van der Waals surface area contributed by atoms with Gasteiger partial charge in [-0.15, -0.1) is 11.3 Å². The molecule has 2 atom stereocenters. The van der Waals surface area contributed by atoms with Crippen molar-refractivity contribution in [1.29, 1.82) is 0 Å². The third-order valence-electron chi connectivity index (χ3n) is 3.70. The second-order valence-electron chi connectivity index (χ2n) is 5.32. The lowest BCUT2D eigenvalue weighted by atomic mass is 10.2. The molecule has 2 N–H and O–H groups in total. The molecule has 1 saturated heterocycles. The molecule has 110 valence electrons. The molecule has 1 aliphatic heterocycles. The van der Waals surface area contributed by atoms with E-state index in [4.69, 9.17) is 0 Å². The fourth-order valence-electron chi connectivity index (χ4n) is 2.51. The summed E-state index contributed by atoms with van der Waals surface area (Å²) in [6.45, 7) is 2.92. The van der Waals surface area contributed by atoms with Gasteiger partial charge in [-0.25, -0.2) is 4.98 Å². The SMILES string of the molecule is CC(NC(=O)C1CCCN1)c1nc(-c2ccccc2)cs1. The van der Waals surface area contributed by atoms with Gasteiger partial charge in [-0.3, -0.25) is 4.79 Å². The molecule has 0 aliphatic carbocycles. The van der Waals surface area contributed by atoms with E-state index in [9.17, 15) is 4.79 Å². The first-order valence-corrected chi connectivity index (χ1v) is 8.16. The Balaban J connectivity index is 1.66. The van der Waals surface area contributed by atoms with E-state index in [1.54, 1.807) is 11.3 Å². The number of carbonyl (C=O) groups is 1. The summed E-state index contributed by atoms with van der Waals surface area (Å²) in [6.07, 6.45) is 1.99. The molecule has 2 unspecified atom stereocenters. The standard InChI is InChI=1S/C16H19N3OS/c1-11(18-15(20)13-8-5-9-17-13)16-19-14(10-21-16)12-6-3-2-4-7-12/h2-4,6-7,10-11,13,17H,5,8-9H2,1H3,(H,18,20). The minimum Gasteiger partial charge on any atom is -0.346 e. The summed E-state index contributed by atoms with van der Waals surface area (Å²) in [7, 11) is 0. The molecule has 0 spiro atoms. The highest BCUT2D eigenvalue weighted by Gasteiger charge is 2.24. The van der Waals surface area contributed by atoms with Gasteiger partial charge in [-0.2, -0.15) is 0 Å². The van der Waals surface area contributed by atoms with Gasteiger partial charge in [0.25, 0.3) is 0 Å². The van der Waals surface area contributed by atoms with E-state index in [0.29, 0.717) is 0 Å². The predicted molar refractivity (Wildman–Crippen MR) is 85.1 cm³/mol. The van der Waals surface area contributed by atoms with Gasteiger partial charge >= 0.3 is 0 Å². The highest BCUT2D eigenvalue weighted by Crippen LogP contribution is 2.25. The Hall–Kier alpha value is -1.72. The fraction of sp³-hybridized carbons (Fsp3) is 0.375. The molecule has 1 aromatic carbocycles. The number of hydrogen-bond donors (Lipinski definition) is 2. The fourth-order valence-corrected chi connectivity index (χ4v) is 3.35. The Bertz CT molecular complexity index is 605. The summed E-state index contributed by atoms with van der Waals surface area (Å²) >= 11 is 1.59. The molecular weight excluding hydrogens is 282 g/mol. The van der Waals surface area contributed by atoms with Crippen LogP contribution in [0.2, 0.25) is 0 Å². The summed E-state index contributed by atoms with van der Waals surface area (Å²) in [5.74, 6) is 0.0801. The Morgan fingerprint density at radius 3 is 2.95 bits per heavy atom. The molecule has 1 amide bonds. The van der Waals surface area contributed by atoms with Crippen molar-refractivity contribution in [3.05, 3.63) is 40.7 Å². The lowest BCUT2D eigenvalue weighted by Gasteiger charge is -2.15. The van der Waals surface area contributed by atoms with E-state index in [-0.39, 0.29) is 18.0 Å². The maximum atomic E-state index is 12.1. The first kappa shape index (κ1) is 14.2. The Morgan fingerprint density at radius 2 is 2.24 bits per heavy atom. The van der Waals surface area contributed by atoms with E-state index in [0.717, 1.165) is 35.7 Å². The van der Waals surface area contributed by atoms with Crippen molar-refractivity contribution >= 4 is 17.2 Å². The normalized spacial score (nSPS) is 19.4. The third kappa shape index (κ3) is 3.31. The largest absolute Gasteiger partial charge is 0.346 e. The van der Waals surface area contributed by atoms with Crippen LogP contribution in [0.15, 0.2) is 35.7 Å². The number of amides is 1. The lowest BCUT2D eigenvalue weighted by Crippen LogP contribution is -2.41. The first-order valence-electron chi connectivity index (χ1n) is 7.28. The van der Waals surface area contributed by atoms with Crippen LogP contribution in [0.4, 0.5) is 0 Å². The second kappa shape index (κ2) is 6.37. The molecule has 5 heteroatoms. The number of carbonyl (C=O) groups excluding carboxylic acids is 1. The second-order valence-corrected chi connectivity index (χ2v) is 6.21. The van der Waals surface area contributed by atoms with Gasteiger partial charge in [0.2, 0.25) is 5.91 Å². The number of thiazole rings is 1. The third-order valence-corrected chi connectivity index (χ3v) is 4.72. The van der Waals surface area contributed by atoms with Crippen LogP contribution in [0.1, 0.15) is 30.8 Å². The van der Waals surface area contributed by atoms with Crippen molar-refractivity contribution in [3.8, 4) is 11.3 Å². The van der Waals surface area contributed by atoms with Gasteiger partial charge in [0.15, 0.2) is 0 Å². The van der Waals surface area contributed by atoms with Gasteiger partial charge < -0.3 is 10.6 Å². The van der Waals surface area contributed by atoms with Crippen LogP contribution in [0, 0.1) is 0 Å². The molecule has 1 aliphatic rings. The topological polar surface area (TPSA) is 54.0 Å². The maximum absolute atomic E-state index is 12.1. The lowest BCUT2D eigenvalue weighted by molar-refractivity contribution is -0.123. The maximum Gasteiger partial charge on any atom is 0.237 e. The number of nitrogens with one attached hydrogen (secondary N) is 2. The van der Waals surface area contributed by atoms with Crippen LogP contribution in [-0.2, 0) is 4.79 Å². The molecule has 1 fully saturated rings. The van der Waals surface area contributed by atoms with Crippen molar-refractivity contribution in [2.45, 2.75) is 31.8 Å². The average Bonchev–Trinajstić information content (AvgIpc) is 3.20. The predicted octanol–water partition coefficient (Wildman–Crippen LogP) is 2.74. The van der Waals surface area contributed by atoms with Crippen LogP contribution in [-0.4, -0.2) is 23.5 Å². The Morgan fingerprint density at radius 1 is 1.43 bits per heavy atom. The molecule has 2 heterocycles. The van der Waals surface area contributed by atoms with E-state index in [1.807, 2.05) is 42.6 Å². The Kier molecular flexibility index (Phi) is 4.31. The summed E-state index contributed by atoms with van der Waals surface area (Å²) in [6, 6.07) is 10.0. The molecule has 21 heavy (non-hydrogen) atoms. The highest BCUT2D eigenvalue weighted by molar-refractivity contribution is 7.10. The summed E-state index contributed by atoms with van der Waals surface area (Å²) in [5.41, 5.74) is 2.08. The smallest absolute Gasteiger partial charge is 0.237 e. The van der Waals surface area contributed by atoms with Gasteiger partial charge in [-0.05, 0) is 26.3 Å². The summed E-state index contributed by atoms with van der Waals surface area (Å²) in [4.78, 5) is 16.8. The van der Waals surface area contributed by atoms with Crippen molar-refractivity contribution in [2.75, 3.05) is 6.54 Å². The molecule has 1 aromatic heterocycles. The zero-order chi connectivity index (χ0) is 14.7. The molecule has 4 nitrogen and oxygen atoms in total. The number of benzene rings is 1. The number of nitrogens with zero attached hydrogens (tertiary/aromatic N) is 1.